The topological polar surface area (TPSA) is 90.7 Å². The Morgan fingerprint density at radius 1 is 1.30 bits per heavy atom. The largest absolute Gasteiger partial charge is 0.383 e. The molecule has 4 N–H and O–H groups in total. The summed E-state index contributed by atoms with van der Waals surface area (Å²) in [4.78, 5) is 13.6. The molecule has 100 valence electrons. The molecule has 2 aromatic heterocycles. The lowest BCUT2D eigenvalue weighted by molar-refractivity contribution is 1.12. The van der Waals surface area contributed by atoms with Crippen LogP contribution < -0.4 is 11.5 Å². The second kappa shape index (κ2) is 5.63. The Morgan fingerprint density at radius 2 is 2.05 bits per heavy atom. The summed E-state index contributed by atoms with van der Waals surface area (Å²) in [5, 5.41) is 0. The van der Waals surface area contributed by atoms with Crippen molar-refractivity contribution in [1.29, 1.82) is 0 Å². The Balaban J connectivity index is 2.46. The molecule has 0 aliphatic rings. The molecule has 0 unspecified atom stereocenters. The smallest absolute Gasteiger partial charge is 0.221 e. The van der Waals surface area contributed by atoms with E-state index in [1.165, 1.54) is 11.8 Å². The van der Waals surface area contributed by atoms with E-state index in [4.69, 9.17) is 17.9 Å². The van der Waals surface area contributed by atoms with Crippen molar-refractivity contribution in [3.8, 4) is 12.3 Å². The van der Waals surface area contributed by atoms with Gasteiger partial charge in [-0.3, -0.25) is 0 Å². The van der Waals surface area contributed by atoms with Crippen LogP contribution in [0.4, 0.5) is 11.8 Å². The lowest BCUT2D eigenvalue weighted by atomic mass is 10.1. The van der Waals surface area contributed by atoms with Crippen molar-refractivity contribution < 1.29 is 0 Å². The van der Waals surface area contributed by atoms with Crippen molar-refractivity contribution in [3.05, 3.63) is 36.3 Å². The van der Waals surface area contributed by atoms with Gasteiger partial charge in [0.1, 0.15) is 11.5 Å². The van der Waals surface area contributed by atoms with Crippen molar-refractivity contribution in [2.75, 3.05) is 11.5 Å². The van der Waals surface area contributed by atoms with Crippen LogP contribution in [0.3, 0.4) is 0 Å². The molecule has 0 atom stereocenters. The van der Waals surface area contributed by atoms with E-state index in [1.807, 2.05) is 13.0 Å². The molecule has 6 heteroatoms. The van der Waals surface area contributed by atoms with E-state index in [1.54, 1.807) is 12.4 Å². The van der Waals surface area contributed by atoms with Crippen molar-refractivity contribution >= 4 is 29.1 Å². The minimum atomic E-state index is 0.144. The molecular weight excluding hydrogens is 270 g/mol. The fourth-order valence-corrected chi connectivity index (χ4v) is 2.52. The Hall–Kier alpha value is -2.52. The fourth-order valence-electron chi connectivity index (χ4n) is 1.52. The Bertz CT molecular complexity index is 718. The van der Waals surface area contributed by atoms with Gasteiger partial charge in [-0.15, -0.1) is 6.42 Å². The second-order valence-electron chi connectivity index (χ2n) is 4.07. The van der Waals surface area contributed by atoms with Gasteiger partial charge in [0, 0.05) is 22.9 Å². The molecule has 0 aliphatic carbocycles. The molecule has 5 nitrogen and oxygen atoms in total. The van der Waals surface area contributed by atoms with Gasteiger partial charge < -0.3 is 11.5 Å². The first-order chi connectivity index (χ1) is 9.51. The number of terminal acetylenes is 1. The van der Waals surface area contributed by atoms with Crippen LogP contribution in [0, 0.1) is 12.3 Å². The number of allylic oxidation sites excluding steroid dienone is 1. The van der Waals surface area contributed by atoms with Gasteiger partial charge in [0.25, 0.3) is 0 Å². The molecule has 2 heterocycles. The molecule has 0 aromatic carbocycles. The normalized spacial score (nSPS) is 10.0. The molecule has 0 spiro atoms. The Labute approximate surface area is 121 Å². The van der Waals surface area contributed by atoms with Crippen molar-refractivity contribution in [1.82, 2.24) is 15.0 Å². The third-order valence-electron chi connectivity index (χ3n) is 2.50. The van der Waals surface area contributed by atoms with Gasteiger partial charge >= 0.3 is 0 Å². The number of nitrogens with zero attached hydrogens (tertiary/aromatic N) is 3. The number of anilines is 2. The average molecular weight is 283 g/mol. The molecule has 2 rings (SSSR count). The summed E-state index contributed by atoms with van der Waals surface area (Å²) in [6.07, 6.45) is 8.66. The minimum Gasteiger partial charge on any atom is -0.383 e. The lowest BCUT2D eigenvalue weighted by Gasteiger charge is -2.10. The van der Waals surface area contributed by atoms with E-state index in [0.29, 0.717) is 16.4 Å². The van der Waals surface area contributed by atoms with Gasteiger partial charge in [-0.05, 0) is 18.6 Å². The maximum Gasteiger partial charge on any atom is 0.221 e. The van der Waals surface area contributed by atoms with Crippen LogP contribution in [-0.2, 0) is 0 Å². The summed E-state index contributed by atoms with van der Waals surface area (Å²) >= 11 is 1.41. The maximum atomic E-state index is 5.84. The molecule has 0 radical (unpaired) electrons. The zero-order valence-electron chi connectivity index (χ0n) is 10.9. The summed E-state index contributed by atoms with van der Waals surface area (Å²) in [5.74, 6) is 2.98. The molecule has 0 bridgehead atoms. The molecule has 0 saturated heterocycles. The summed E-state index contributed by atoms with van der Waals surface area (Å²) in [5.41, 5.74) is 13.7. The second-order valence-corrected chi connectivity index (χ2v) is 5.15. The van der Waals surface area contributed by atoms with E-state index in [9.17, 15) is 0 Å². The molecular formula is C14H13N5S. The first-order valence-corrected chi connectivity index (χ1v) is 6.51. The molecule has 0 fully saturated rings. The van der Waals surface area contributed by atoms with Crippen molar-refractivity contribution in [2.45, 2.75) is 16.7 Å². The standard InChI is InChI=1S/C14H13N5S/c1-4-9-5-11(10(6-17-9)8(2)3)20-12-7-18-14(16)19-13(12)15/h1,5-7H,2H2,3H3,(H4,15,16,18,19). The van der Waals surface area contributed by atoms with Crippen molar-refractivity contribution in [3.63, 3.8) is 0 Å². The van der Waals surface area contributed by atoms with Crippen LogP contribution in [0.1, 0.15) is 18.2 Å². The maximum absolute atomic E-state index is 5.84. The van der Waals surface area contributed by atoms with E-state index in [2.05, 4.69) is 27.5 Å². The average Bonchev–Trinajstić information content (AvgIpc) is 2.41. The summed E-state index contributed by atoms with van der Waals surface area (Å²) in [7, 11) is 0. The molecule has 0 saturated carbocycles. The summed E-state index contributed by atoms with van der Waals surface area (Å²) < 4.78 is 0. The number of nitrogens with two attached hydrogens (primary N) is 2. The van der Waals surface area contributed by atoms with E-state index in [0.717, 1.165) is 16.0 Å². The third-order valence-corrected chi connectivity index (χ3v) is 3.59. The monoisotopic (exact) mass is 283 g/mol. The van der Waals surface area contributed by atoms with Crippen LogP contribution in [0.15, 0.2) is 34.8 Å². The SMILES string of the molecule is C#Cc1cc(Sc2cnc(N)nc2N)c(C(=C)C)cn1. The summed E-state index contributed by atoms with van der Waals surface area (Å²) in [6.45, 7) is 5.83. The number of nitrogen functional groups attached to an aromatic ring is 2. The number of pyridine rings is 1. The van der Waals surface area contributed by atoms with Crippen LogP contribution in [-0.4, -0.2) is 15.0 Å². The van der Waals surface area contributed by atoms with E-state index < -0.39 is 0 Å². The number of aromatic nitrogens is 3. The number of rotatable bonds is 3. The van der Waals surface area contributed by atoms with E-state index in [-0.39, 0.29) is 5.95 Å². The molecule has 0 aliphatic heterocycles. The quantitative estimate of drug-likeness (QED) is 0.839. The number of hydrogen-bond acceptors (Lipinski definition) is 6. The highest BCUT2D eigenvalue weighted by Crippen LogP contribution is 2.35. The third kappa shape index (κ3) is 2.90. The lowest BCUT2D eigenvalue weighted by Crippen LogP contribution is -2.00. The predicted octanol–water partition coefficient (Wildman–Crippen LogP) is 2.20. The predicted molar refractivity (Wildman–Crippen MR) is 81.9 cm³/mol. The van der Waals surface area contributed by atoms with Crippen LogP contribution >= 0.6 is 11.8 Å². The Morgan fingerprint density at radius 3 is 2.65 bits per heavy atom. The highest BCUT2D eigenvalue weighted by Gasteiger charge is 2.10. The van der Waals surface area contributed by atoms with Crippen LogP contribution in [0.2, 0.25) is 0 Å². The van der Waals surface area contributed by atoms with Crippen LogP contribution in [0.25, 0.3) is 5.57 Å². The highest BCUT2D eigenvalue weighted by atomic mass is 32.2. The first-order valence-electron chi connectivity index (χ1n) is 5.69. The summed E-state index contributed by atoms with van der Waals surface area (Å²) in [6, 6.07) is 1.81. The van der Waals surface area contributed by atoms with Gasteiger partial charge in [-0.1, -0.05) is 24.3 Å². The van der Waals surface area contributed by atoms with Gasteiger partial charge in [-0.25, -0.2) is 9.97 Å². The molecule has 20 heavy (non-hydrogen) atoms. The fraction of sp³-hybridized carbons (Fsp3) is 0.0714. The molecule has 0 amide bonds. The number of hydrogen-bond donors (Lipinski definition) is 2. The van der Waals surface area contributed by atoms with Gasteiger partial charge in [0.05, 0.1) is 4.90 Å². The first kappa shape index (κ1) is 13.9. The van der Waals surface area contributed by atoms with Crippen LogP contribution in [0.5, 0.6) is 0 Å². The molecule has 2 aromatic rings. The zero-order valence-corrected chi connectivity index (χ0v) is 11.7. The van der Waals surface area contributed by atoms with Gasteiger partial charge in [0.2, 0.25) is 5.95 Å². The van der Waals surface area contributed by atoms with E-state index >= 15 is 0 Å². The zero-order chi connectivity index (χ0) is 14.7. The van der Waals surface area contributed by atoms with Crippen molar-refractivity contribution in [2.24, 2.45) is 0 Å². The minimum absolute atomic E-state index is 0.144. The Kier molecular flexibility index (Phi) is 3.91. The highest BCUT2D eigenvalue weighted by molar-refractivity contribution is 7.99. The van der Waals surface area contributed by atoms with Gasteiger partial charge in [-0.2, -0.15) is 4.98 Å². The van der Waals surface area contributed by atoms with Gasteiger partial charge in [0.15, 0.2) is 0 Å².